The molecule has 132 valence electrons. The predicted molar refractivity (Wildman–Crippen MR) is 92.2 cm³/mol. The van der Waals surface area contributed by atoms with Crippen LogP contribution in [-0.4, -0.2) is 35.0 Å². The molecule has 1 heterocycles. The number of hydrogen-bond acceptors (Lipinski definition) is 5. The molecule has 1 saturated carbocycles. The number of para-hydroxylation sites is 1. The highest BCUT2D eigenvalue weighted by Gasteiger charge is 2.32. The molecule has 2 aromatic rings. The normalized spacial score (nSPS) is 20.7. The molecule has 0 bridgehead atoms. The van der Waals surface area contributed by atoms with Crippen molar-refractivity contribution in [3.05, 3.63) is 40.4 Å². The van der Waals surface area contributed by atoms with Crippen LogP contribution in [0.5, 0.6) is 0 Å². The lowest BCUT2D eigenvalue weighted by Crippen LogP contribution is -2.44. The Labute approximate surface area is 144 Å². The zero-order valence-electron chi connectivity index (χ0n) is 14.1. The van der Waals surface area contributed by atoms with Gasteiger partial charge in [-0.2, -0.15) is 0 Å². The van der Waals surface area contributed by atoms with Gasteiger partial charge in [0.2, 0.25) is 0 Å². The first-order chi connectivity index (χ1) is 12.1. The van der Waals surface area contributed by atoms with Crippen molar-refractivity contribution < 1.29 is 14.3 Å². The van der Waals surface area contributed by atoms with Crippen LogP contribution in [0.25, 0.3) is 10.9 Å². The van der Waals surface area contributed by atoms with E-state index < -0.39 is 5.91 Å². The van der Waals surface area contributed by atoms with Crippen molar-refractivity contribution in [2.24, 2.45) is 5.92 Å². The number of H-pyrrole nitrogens is 1. The molecule has 1 aromatic heterocycles. The van der Waals surface area contributed by atoms with Crippen LogP contribution in [0, 0.1) is 5.92 Å². The fraction of sp³-hybridized carbons (Fsp3) is 0.444. The molecular formula is C18H21N3O4. The Bertz CT molecular complexity index is 846. The fourth-order valence-electron chi connectivity index (χ4n) is 3.34. The maximum absolute atomic E-state index is 12.6. The van der Waals surface area contributed by atoms with Gasteiger partial charge in [-0.25, -0.2) is 4.98 Å². The lowest BCUT2D eigenvalue weighted by Gasteiger charge is -2.23. The number of esters is 1. The van der Waals surface area contributed by atoms with Crippen molar-refractivity contribution in [3.63, 3.8) is 0 Å². The minimum absolute atomic E-state index is 0.0448. The summed E-state index contributed by atoms with van der Waals surface area (Å²) in [7, 11) is 1.36. The number of ether oxygens (including phenoxy) is 1. The van der Waals surface area contributed by atoms with E-state index >= 15 is 0 Å². The van der Waals surface area contributed by atoms with Gasteiger partial charge in [0.15, 0.2) is 5.82 Å². The molecule has 7 nitrogen and oxygen atoms in total. The number of hydrogen-bond donors (Lipinski definition) is 2. The Morgan fingerprint density at radius 1 is 1.20 bits per heavy atom. The third kappa shape index (κ3) is 3.70. The summed E-state index contributed by atoms with van der Waals surface area (Å²) < 4.78 is 4.88. The van der Waals surface area contributed by atoms with Crippen LogP contribution in [0.15, 0.2) is 29.1 Å². The number of rotatable bonds is 3. The largest absolute Gasteiger partial charge is 0.469 e. The predicted octanol–water partition coefficient (Wildman–Crippen LogP) is 1.77. The SMILES string of the molecule is COC(=O)[C@@H]1CCCCC[C@@H]1NC(=O)c1nc2ccccc2c(=O)[nH]1. The average Bonchev–Trinajstić information content (AvgIpc) is 2.86. The number of aromatic amines is 1. The number of amides is 1. The van der Waals surface area contributed by atoms with E-state index in [-0.39, 0.29) is 29.3 Å². The Morgan fingerprint density at radius 2 is 1.96 bits per heavy atom. The van der Waals surface area contributed by atoms with Crippen LogP contribution < -0.4 is 10.9 Å². The van der Waals surface area contributed by atoms with E-state index in [4.69, 9.17) is 4.74 Å². The second-order valence-corrected chi connectivity index (χ2v) is 6.28. The van der Waals surface area contributed by atoms with E-state index in [1.165, 1.54) is 7.11 Å². The average molecular weight is 343 g/mol. The molecule has 2 atom stereocenters. The first-order valence-corrected chi connectivity index (χ1v) is 8.48. The summed E-state index contributed by atoms with van der Waals surface area (Å²) in [4.78, 5) is 43.5. The first-order valence-electron chi connectivity index (χ1n) is 8.48. The van der Waals surface area contributed by atoms with Gasteiger partial charge in [0, 0.05) is 6.04 Å². The number of nitrogens with one attached hydrogen (secondary N) is 2. The fourth-order valence-corrected chi connectivity index (χ4v) is 3.34. The Hall–Kier alpha value is -2.70. The molecule has 2 N–H and O–H groups in total. The minimum atomic E-state index is -0.483. The van der Waals surface area contributed by atoms with Crippen LogP contribution >= 0.6 is 0 Å². The summed E-state index contributed by atoms with van der Waals surface area (Å²) in [5.41, 5.74) is 0.0999. The van der Waals surface area contributed by atoms with Gasteiger partial charge in [0.05, 0.1) is 23.9 Å². The third-order valence-electron chi connectivity index (χ3n) is 4.66. The van der Waals surface area contributed by atoms with Gasteiger partial charge in [0.25, 0.3) is 11.5 Å². The van der Waals surface area contributed by atoms with Gasteiger partial charge < -0.3 is 15.0 Å². The van der Waals surface area contributed by atoms with Crippen LogP contribution in [0.3, 0.4) is 0 Å². The van der Waals surface area contributed by atoms with Gasteiger partial charge in [-0.05, 0) is 25.0 Å². The highest BCUT2D eigenvalue weighted by atomic mass is 16.5. The number of nitrogens with zero attached hydrogens (tertiary/aromatic N) is 1. The Balaban J connectivity index is 1.85. The van der Waals surface area contributed by atoms with Crippen molar-refractivity contribution in [1.29, 1.82) is 0 Å². The molecule has 25 heavy (non-hydrogen) atoms. The molecule has 0 radical (unpaired) electrons. The van der Waals surface area contributed by atoms with Crippen molar-refractivity contribution in [2.45, 2.75) is 38.1 Å². The van der Waals surface area contributed by atoms with Crippen LogP contribution in [-0.2, 0) is 9.53 Å². The second kappa shape index (κ2) is 7.46. The van der Waals surface area contributed by atoms with E-state index in [9.17, 15) is 14.4 Å². The summed E-state index contributed by atoms with van der Waals surface area (Å²) in [6.45, 7) is 0. The smallest absolute Gasteiger partial charge is 0.310 e. The summed E-state index contributed by atoms with van der Waals surface area (Å²) in [6, 6.07) is 6.52. The molecule has 7 heteroatoms. The third-order valence-corrected chi connectivity index (χ3v) is 4.66. The number of carbonyl (C=O) groups is 2. The van der Waals surface area contributed by atoms with Crippen LogP contribution in [0.1, 0.15) is 42.7 Å². The second-order valence-electron chi connectivity index (χ2n) is 6.28. The molecule has 1 aromatic carbocycles. The van der Waals surface area contributed by atoms with Gasteiger partial charge >= 0.3 is 5.97 Å². The number of aromatic nitrogens is 2. The molecule has 1 aliphatic rings. The number of benzene rings is 1. The van der Waals surface area contributed by atoms with Crippen molar-refractivity contribution in [1.82, 2.24) is 15.3 Å². The molecule has 0 unspecified atom stereocenters. The highest BCUT2D eigenvalue weighted by molar-refractivity contribution is 5.93. The lowest BCUT2D eigenvalue weighted by atomic mass is 9.94. The number of fused-ring (bicyclic) bond motifs is 1. The van der Waals surface area contributed by atoms with Crippen molar-refractivity contribution >= 4 is 22.8 Å². The summed E-state index contributed by atoms with van der Waals surface area (Å²) in [5, 5.41) is 3.29. The topological polar surface area (TPSA) is 101 Å². The standard InChI is InChI=1S/C18H21N3O4/c1-25-18(24)12-8-3-2-4-9-14(12)20-17(23)15-19-13-10-6-5-7-11(13)16(22)21-15/h5-7,10,12,14H,2-4,8-9H2,1H3,(H,20,23)(H,19,21,22)/t12-,14+/m1/s1. The monoisotopic (exact) mass is 343 g/mol. The van der Waals surface area contributed by atoms with E-state index in [2.05, 4.69) is 15.3 Å². The van der Waals surface area contributed by atoms with Gasteiger partial charge in [-0.1, -0.05) is 31.4 Å². The Morgan fingerprint density at radius 3 is 2.76 bits per heavy atom. The highest BCUT2D eigenvalue weighted by Crippen LogP contribution is 2.24. The maximum atomic E-state index is 12.6. The molecule has 1 aliphatic carbocycles. The molecular weight excluding hydrogens is 322 g/mol. The van der Waals surface area contributed by atoms with Gasteiger partial charge in [-0.3, -0.25) is 14.4 Å². The summed E-state index contributed by atoms with van der Waals surface area (Å²) >= 11 is 0. The number of methoxy groups -OCH3 is 1. The molecule has 0 aliphatic heterocycles. The van der Waals surface area contributed by atoms with E-state index in [1.54, 1.807) is 24.3 Å². The molecule has 1 amide bonds. The summed E-state index contributed by atoms with van der Waals surface area (Å²) in [5.74, 6) is -1.21. The molecule has 1 fully saturated rings. The van der Waals surface area contributed by atoms with E-state index in [0.717, 1.165) is 19.3 Å². The lowest BCUT2D eigenvalue weighted by molar-refractivity contribution is -0.146. The van der Waals surface area contributed by atoms with Crippen molar-refractivity contribution in [2.75, 3.05) is 7.11 Å². The zero-order chi connectivity index (χ0) is 17.8. The van der Waals surface area contributed by atoms with E-state index in [1.807, 2.05) is 0 Å². The zero-order valence-corrected chi connectivity index (χ0v) is 14.1. The Kier molecular flexibility index (Phi) is 5.11. The minimum Gasteiger partial charge on any atom is -0.469 e. The number of carbonyl (C=O) groups excluding carboxylic acids is 2. The summed E-state index contributed by atoms with van der Waals surface area (Å²) in [6.07, 6.45) is 4.25. The van der Waals surface area contributed by atoms with E-state index in [0.29, 0.717) is 23.7 Å². The molecule has 0 saturated heterocycles. The molecule has 3 rings (SSSR count). The van der Waals surface area contributed by atoms with Crippen LogP contribution in [0.2, 0.25) is 0 Å². The van der Waals surface area contributed by atoms with Gasteiger partial charge in [0.1, 0.15) is 0 Å². The molecule has 0 spiro atoms. The van der Waals surface area contributed by atoms with Gasteiger partial charge in [-0.15, -0.1) is 0 Å². The first kappa shape index (κ1) is 17.1. The van der Waals surface area contributed by atoms with Crippen LogP contribution in [0.4, 0.5) is 0 Å². The quantitative estimate of drug-likeness (QED) is 0.653. The maximum Gasteiger partial charge on any atom is 0.310 e. The van der Waals surface area contributed by atoms with Crippen molar-refractivity contribution in [3.8, 4) is 0 Å².